The van der Waals surface area contributed by atoms with Crippen molar-refractivity contribution in [3.05, 3.63) is 77.9 Å². The van der Waals surface area contributed by atoms with E-state index in [0.717, 1.165) is 9.21 Å². The van der Waals surface area contributed by atoms with Crippen LogP contribution < -0.4 is 4.90 Å². The monoisotopic (exact) mass is 525 g/mol. The van der Waals surface area contributed by atoms with E-state index in [2.05, 4.69) is 6.58 Å². The molecule has 0 radical (unpaired) electrons. The standard InChI is InChI=1S/C26H27N3O7S/c1-5-14-28-20-9-7-6-8-19(20)26(25(28)33)21(23(31)24(32)29(26)15-16-36-4)22(30)17-10-12-18(13-11-17)37(34,35)27(2)3/h5-13,30H,1,14-16H2,2-4H3/b22-21+. The number of benzene rings is 2. The van der Waals surface area contributed by atoms with Gasteiger partial charge < -0.3 is 19.6 Å². The average molecular weight is 526 g/mol. The van der Waals surface area contributed by atoms with Gasteiger partial charge in [0.15, 0.2) is 5.54 Å². The van der Waals surface area contributed by atoms with E-state index < -0.39 is 38.9 Å². The van der Waals surface area contributed by atoms with Crippen molar-refractivity contribution in [2.24, 2.45) is 0 Å². The zero-order valence-corrected chi connectivity index (χ0v) is 21.5. The van der Waals surface area contributed by atoms with E-state index in [1.807, 2.05) is 0 Å². The fourth-order valence-electron chi connectivity index (χ4n) is 4.80. The minimum atomic E-state index is -3.74. The number of rotatable bonds is 8. The van der Waals surface area contributed by atoms with Crippen LogP contribution in [0.15, 0.2) is 71.7 Å². The van der Waals surface area contributed by atoms with Gasteiger partial charge in [0, 0.05) is 45.4 Å². The molecule has 0 bridgehead atoms. The number of likely N-dealkylation sites (tertiary alicyclic amines) is 1. The first-order valence-corrected chi connectivity index (χ1v) is 12.8. The van der Waals surface area contributed by atoms with Crippen LogP contribution in [0, 0.1) is 0 Å². The van der Waals surface area contributed by atoms with E-state index in [4.69, 9.17) is 4.74 Å². The van der Waals surface area contributed by atoms with Crippen molar-refractivity contribution in [3.8, 4) is 0 Å². The van der Waals surface area contributed by atoms with Gasteiger partial charge >= 0.3 is 0 Å². The third-order valence-corrected chi connectivity index (χ3v) is 8.38. The zero-order chi connectivity index (χ0) is 27.1. The summed E-state index contributed by atoms with van der Waals surface area (Å²) >= 11 is 0. The number of carbonyl (C=O) groups is 3. The Balaban J connectivity index is 1.99. The maximum Gasteiger partial charge on any atom is 0.296 e. The van der Waals surface area contributed by atoms with Crippen LogP contribution in [0.2, 0.25) is 0 Å². The first kappa shape index (κ1) is 26.3. The number of hydrogen-bond acceptors (Lipinski definition) is 7. The molecule has 0 aliphatic carbocycles. The van der Waals surface area contributed by atoms with Gasteiger partial charge in [0.1, 0.15) is 5.76 Å². The molecule has 2 aromatic carbocycles. The third kappa shape index (κ3) is 3.78. The molecule has 2 aliphatic rings. The van der Waals surface area contributed by atoms with Crippen LogP contribution in [0.5, 0.6) is 0 Å². The van der Waals surface area contributed by atoms with Crippen molar-refractivity contribution >= 4 is 39.1 Å². The van der Waals surface area contributed by atoms with Gasteiger partial charge in [-0.3, -0.25) is 14.4 Å². The summed E-state index contributed by atoms with van der Waals surface area (Å²) in [6.07, 6.45) is 1.53. The summed E-state index contributed by atoms with van der Waals surface area (Å²) in [6.45, 7) is 3.79. The van der Waals surface area contributed by atoms with Crippen molar-refractivity contribution in [3.63, 3.8) is 0 Å². The highest BCUT2D eigenvalue weighted by Crippen LogP contribution is 2.53. The van der Waals surface area contributed by atoms with Crippen molar-refractivity contribution in [1.82, 2.24) is 9.21 Å². The molecule has 194 valence electrons. The fourth-order valence-corrected chi connectivity index (χ4v) is 5.70. The van der Waals surface area contributed by atoms with Crippen LogP contribution in [0.3, 0.4) is 0 Å². The number of hydrogen-bond donors (Lipinski definition) is 1. The van der Waals surface area contributed by atoms with Crippen molar-refractivity contribution in [1.29, 1.82) is 0 Å². The van der Waals surface area contributed by atoms with Gasteiger partial charge in [-0.25, -0.2) is 12.7 Å². The van der Waals surface area contributed by atoms with Crippen molar-refractivity contribution in [2.45, 2.75) is 10.4 Å². The SMILES string of the molecule is C=CCN1C(=O)C2(/C(=C(/O)c3ccc(S(=O)(=O)N(C)C)cc3)C(=O)C(=O)N2CCOC)c2ccccc21. The fraction of sp³-hybridized carbons (Fsp3) is 0.269. The first-order valence-electron chi connectivity index (χ1n) is 11.4. The predicted molar refractivity (Wildman–Crippen MR) is 136 cm³/mol. The summed E-state index contributed by atoms with van der Waals surface area (Å²) in [5.74, 6) is -3.15. The molecule has 2 aromatic rings. The zero-order valence-electron chi connectivity index (χ0n) is 20.7. The number of ether oxygens (including phenoxy) is 1. The average Bonchev–Trinajstić information content (AvgIpc) is 3.26. The van der Waals surface area contributed by atoms with Crippen LogP contribution in [-0.4, -0.2) is 81.2 Å². The van der Waals surface area contributed by atoms with Gasteiger partial charge in [-0.15, -0.1) is 6.58 Å². The molecular formula is C26H27N3O7S. The number of carbonyl (C=O) groups excluding carboxylic acids is 3. The molecule has 0 saturated carbocycles. The number of methoxy groups -OCH3 is 1. The minimum absolute atomic E-state index is 0.0243. The van der Waals surface area contributed by atoms with Crippen LogP contribution in [0.4, 0.5) is 5.69 Å². The van der Waals surface area contributed by atoms with Gasteiger partial charge in [0.05, 0.1) is 22.8 Å². The Kier molecular flexibility index (Phi) is 6.80. The lowest BCUT2D eigenvalue weighted by atomic mass is 9.82. The van der Waals surface area contributed by atoms with E-state index in [1.165, 1.54) is 56.4 Å². The van der Waals surface area contributed by atoms with Crippen LogP contribution >= 0.6 is 0 Å². The maximum absolute atomic E-state index is 14.1. The Hall–Kier alpha value is -3.80. The molecule has 1 saturated heterocycles. The van der Waals surface area contributed by atoms with Crippen molar-refractivity contribution < 1.29 is 32.6 Å². The predicted octanol–water partition coefficient (Wildman–Crippen LogP) is 1.69. The van der Waals surface area contributed by atoms with Crippen molar-refractivity contribution in [2.75, 3.05) is 45.8 Å². The number of amides is 2. The lowest BCUT2D eigenvalue weighted by molar-refractivity contribution is -0.144. The molecule has 1 N–H and O–H groups in total. The summed E-state index contributed by atoms with van der Waals surface area (Å²) in [7, 11) is 0.474. The van der Waals surface area contributed by atoms with Gasteiger partial charge in [-0.1, -0.05) is 24.3 Å². The molecule has 1 spiro atoms. The molecule has 2 aliphatic heterocycles. The number of Topliss-reactive ketones (excluding diaryl/α,β-unsaturated/α-hetero) is 1. The minimum Gasteiger partial charge on any atom is -0.507 e. The highest BCUT2D eigenvalue weighted by Gasteiger charge is 2.66. The number of aliphatic hydroxyl groups excluding tert-OH is 1. The summed E-state index contributed by atoms with van der Waals surface area (Å²) in [6, 6.07) is 12.0. The quantitative estimate of drug-likeness (QED) is 0.241. The number of aliphatic hydroxyl groups is 1. The van der Waals surface area contributed by atoms with E-state index in [9.17, 15) is 27.9 Å². The van der Waals surface area contributed by atoms with E-state index >= 15 is 0 Å². The number of sulfonamides is 1. The molecule has 1 fully saturated rings. The second kappa shape index (κ2) is 9.58. The van der Waals surface area contributed by atoms with E-state index in [0.29, 0.717) is 11.3 Å². The summed E-state index contributed by atoms with van der Waals surface area (Å²) in [5.41, 5.74) is -1.39. The van der Waals surface area contributed by atoms with Crippen LogP contribution in [0.1, 0.15) is 11.1 Å². The van der Waals surface area contributed by atoms with Gasteiger partial charge in [0.2, 0.25) is 10.0 Å². The third-order valence-electron chi connectivity index (χ3n) is 6.55. The first-order chi connectivity index (χ1) is 17.5. The molecule has 10 nitrogen and oxygen atoms in total. The molecule has 2 heterocycles. The number of nitrogens with zero attached hydrogens (tertiary/aromatic N) is 3. The molecule has 37 heavy (non-hydrogen) atoms. The Bertz CT molecular complexity index is 1430. The molecule has 2 amide bonds. The highest BCUT2D eigenvalue weighted by atomic mass is 32.2. The molecule has 1 atom stereocenters. The van der Waals surface area contributed by atoms with E-state index in [1.54, 1.807) is 24.3 Å². The maximum atomic E-state index is 14.1. The molecule has 11 heteroatoms. The Morgan fingerprint density at radius 2 is 1.76 bits per heavy atom. The lowest BCUT2D eigenvalue weighted by Gasteiger charge is -2.34. The second-order valence-electron chi connectivity index (χ2n) is 8.75. The second-order valence-corrected chi connectivity index (χ2v) is 10.9. The van der Waals surface area contributed by atoms with Gasteiger partial charge in [-0.2, -0.15) is 0 Å². The molecule has 4 rings (SSSR count). The Morgan fingerprint density at radius 3 is 2.35 bits per heavy atom. The normalized spacial score (nSPS) is 20.8. The Morgan fingerprint density at radius 1 is 1.11 bits per heavy atom. The number of anilines is 1. The van der Waals surface area contributed by atoms with Gasteiger partial charge in [0.25, 0.3) is 17.6 Å². The number of ketones is 1. The van der Waals surface area contributed by atoms with Crippen LogP contribution in [-0.2, 0) is 34.7 Å². The van der Waals surface area contributed by atoms with Gasteiger partial charge in [-0.05, 0) is 30.3 Å². The number of para-hydroxylation sites is 1. The summed E-state index contributed by atoms with van der Waals surface area (Å²) in [5, 5.41) is 11.4. The Labute approximate surface area is 215 Å². The summed E-state index contributed by atoms with van der Waals surface area (Å²) < 4.78 is 31.1. The molecule has 1 unspecified atom stereocenters. The molecule has 0 aromatic heterocycles. The smallest absolute Gasteiger partial charge is 0.296 e. The molecular weight excluding hydrogens is 498 g/mol. The summed E-state index contributed by atoms with van der Waals surface area (Å²) in [4.78, 5) is 43.4. The topological polar surface area (TPSA) is 125 Å². The largest absolute Gasteiger partial charge is 0.507 e. The number of fused-ring (bicyclic) bond motifs is 2. The van der Waals surface area contributed by atoms with E-state index in [-0.39, 0.29) is 35.7 Å². The van der Waals surface area contributed by atoms with Crippen LogP contribution in [0.25, 0.3) is 5.76 Å². The lowest BCUT2D eigenvalue weighted by Crippen LogP contribution is -2.52. The highest BCUT2D eigenvalue weighted by molar-refractivity contribution is 7.89.